The Kier molecular flexibility index (Phi) is 4.82. The van der Waals surface area contributed by atoms with Crippen LogP contribution in [-0.2, 0) is 19.4 Å². The Hall–Kier alpha value is -3.22. The summed E-state index contributed by atoms with van der Waals surface area (Å²) >= 11 is 0. The van der Waals surface area contributed by atoms with Gasteiger partial charge >= 0.3 is 0 Å². The third-order valence-corrected chi connectivity index (χ3v) is 4.56. The van der Waals surface area contributed by atoms with Crippen LogP contribution in [0, 0.1) is 5.82 Å². The fraction of sp³-hybridized carbons (Fsp3) is 0.250. The summed E-state index contributed by atoms with van der Waals surface area (Å²) in [4.78, 5) is 16.6. The Bertz CT molecular complexity index is 953. The number of hydrogen-bond acceptors (Lipinski definition) is 4. The van der Waals surface area contributed by atoms with Gasteiger partial charge in [0, 0.05) is 30.1 Å². The molecule has 0 unspecified atom stereocenters. The fourth-order valence-electron chi connectivity index (χ4n) is 3.17. The molecule has 0 atom stereocenters. The molecule has 1 aromatic carbocycles. The minimum absolute atomic E-state index is 0.188. The zero-order valence-electron chi connectivity index (χ0n) is 14.7. The maximum atomic E-state index is 13.0. The van der Waals surface area contributed by atoms with Gasteiger partial charge in [-0.3, -0.25) is 9.89 Å². The Labute approximate surface area is 155 Å². The molecule has 7 heteroatoms. The van der Waals surface area contributed by atoms with Crippen LogP contribution in [0.1, 0.15) is 40.2 Å². The van der Waals surface area contributed by atoms with Crippen molar-refractivity contribution in [1.29, 1.82) is 0 Å². The molecule has 0 fully saturated rings. The lowest BCUT2D eigenvalue weighted by Gasteiger charge is -2.11. The van der Waals surface area contributed by atoms with Gasteiger partial charge in [-0.05, 0) is 61.6 Å². The molecule has 0 radical (unpaired) electrons. The number of carbonyl (C=O) groups is 1. The smallest absolute Gasteiger partial charge is 0.272 e. The number of aromatic nitrogens is 3. The van der Waals surface area contributed by atoms with Crippen molar-refractivity contribution in [1.82, 2.24) is 20.5 Å². The normalized spacial score (nSPS) is 13.1. The third kappa shape index (κ3) is 3.97. The molecule has 27 heavy (non-hydrogen) atoms. The standard InChI is InChI=1S/C20H19FN4O2/c21-14-5-7-15(8-6-14)27-18-11-13(9-10-22-18)12-23-20(26)19-16-3-1-2-4-17(16)24-25-19/h5-11H,1-4,12H2,(H,23,26)(H,24,25). The van der Waals surface area contributed by atoms with E-state index in [0.717, 1.165) is 42.5 Å². The minimum Gasteiger partial charge on any atom is -0.439 e. The molecule has 4 rings (SSSR count). The number of aromatic amines is 1. The molecule has 1 aliphatic rings. The van der Waals surface area contributed by atoms with Crippen molar-refractivity contribution < 1.29 is 13.9 Å². The predicted molar refractivity (Wildman–Crippen MR) is 97.1 cm³/mol. The number of fused-ring (bicyclic) bond motifs is 1. The second kappa shape index (κ2) is 7.57. The maximum absolute atomic E-state index is 13.0. The molecule has 0 saturated carbocycles. The lowest BCUT2D eigenvalue weighted by Crippen LogP contribution is -2.24. The van der Waals surface area contributed by atoms with Gasteiger partial charge in [0.25, 0.3) is 5.91 Å². The summed E-state index contributed by atoms with van der Waals surface area (Å²) in [5.41, 5.74) is 3.44. The fourth-order valence-corrected chi connectivity index (χ4v) is 3.17. The van der Waals surface area contributed by atoms with Gasteiger partial charge < -0.3 is 10.1 Å². The first-order valence-corrected chi connectivity index (χ1v) is 8.92. The second-order valence-electron chi connectivity index (χ2n) is 6.48. The number of nitrogens with one attached hydrogen (secondary N) is 2. The Balaban J connectivity index is 1.40. The van der Waals surface area contributed by atoms with Crippen molar-refractivity contribution in [2.24, 2.45) is 0 Å². The van der Waals surface area contributed by atoms with E-state index in [1.165, 1.54) is 24.3 Å². The largest absolute Gasteiger partial charge is 0.439 e. The Morgan fingerprint density at radius 2 is 2.00 bits per heavy atom. The first kappa shape index (κ1) is 17.2. The van der Waals surface area contributed by atoms with Gasteiger partial charge in [0.15, 0.2) is 5.69 Å². The van der Waals surface area contributed by atoms with Gasteiger partial charge in [0.1, 0.15) is 11.6 Å². The van der Waals surface area contributed by atoms with E-state index in [1.807, 2.05) is 0 Å². The van der Waals surface area contributed by atoms with E-state index in [4.69, 9.17) is 4.74 Å². The molecular formula is C20H19FN4O2. The van der Waals surface area contributed by atoms with Crippen LogP contribution in [0.5, 0.6) is 11.6 Å². The lowest BCUT2D eigenvalue weighted by molar-refractivity contribution is 0.0944. The first-order valence-electron chi connectivity index (χ1n) is 8.92. The average molecular weight is 366 g/mol. The van der Waals surface area contributed by atoms with Gasteiger partial charge in [-0.1, -0.05) is 0 Å². The van der Waals surface area contributed by atoms with E-state index in [0.29, 0.717) is 23.9 Å². The van der Waals surface area contributed by atoms with Crippen molar-refractivity contribution >= 4 is 5.91 Å². The molecule has 2 N–H and O–H groups in total. The van der Waals surface area contributed by atoms with E-state index in [1.54, 1.807) is 18.3 Å². The van der Waals surface area contributed by atoms with Crippen molar-refractivity contribution in [3.8, 4) is 11.6 Å². The topological polar surface area (TPSA) is 79.9 Å². The number of carbonyl (C=O) groups excluding carboxylic acids is 1. The number of rotatable bonds is 5. The molecule has 0 spiro atoms. The van der Waals surface area contributed by atoms with Crippen LogP contribution in [0.25, 0.3) is 0 Å². The summed E-state index contributed by atoms with van der Waals surface area (Å²) in [5, 5.41) is 10.1. The monoisotopic (exact) mass is 366 g/mol. The molecule has 1 aliphatic carbocycles. The molecular weight excluding hydrogens is 347 g/mol. The second-order valence-corrected chi connectivity index (χ2v) is 6.48. The summed E-state index contributed by atoms with van der Waals surface area (Å²) in [6.07, 6.45) is 5.66. The summed E-state index contributed by atoms with van der Waals surface area (Å²) in [6, 6.07) is 9.26. The van der Waals surface area contributed by atoms with Crippen LogP contribution in [0.4, 0.5) is 4.39 Å². The number of pyridine rings is 1. The summed E-state index contributed by atoms with van der Waals surface area (Å²) < 4.78 is 18.6. The molecule has 3 aromatic rings. The van der Waals surface area contributed by atoms with Crippen LogP contribution in [0.15, 0.2) is 42.6 Å². The Morgan fingerprint density at radius 3 is 2.85 bits per heavy atom. The number of nitrogens with zero attached hydrogens (tertiary/aromatic N) is 2. The van der Waals surface area contributed by atoms with E-state index < -0.39 is 0 Å². The number of benzene rings is 1. The molecule has 0 bridgehead atoms. The molecule has 0 saturated heterocycles. The van der Waals surface area contributed by atoms with Crippen molar-refractivity contribution in [3.05, 3.63) is 70.9 Å². The molecule has 2 aromatic heterocycles. The Morgan fingerprint density at radius 1 is 1.19 bits per heavy atom. The van der Waals surface area contributed by atoms with Crippen molar-refractivity contribution in [3.63, 3.8) is 0 Å². The van der Waals surface area contributed by atoms with E-state index in [2.05, 4.69) is 20.5 Å². The number of ether oxygens (including phenoxy) is 1. The number of halogens is 1. The lowest BCUT2D eigenvalue weighted by atomic mass is 9.96. The number of H-pyrrole nitrogens is 1. The van der Waals surface area contributed by atoms with Gasteiger partial charge in [-0.15, -0.1) is 0 Å². The highest BCUT2D eigenvalue weighted by molar-refractivity contribution is 5.94. The van der Waals surface area contributed by atoms with E-state index in [-0.39, 0.29) is 11.7 Å². The highest BCUT2D eigenvalue weighted by atomic mass is 19.1. The zero-order valence-corrected chi connectivity index (χ0v) is 14.7. The van der Waals surface area contributed by atoms with Crippen LogP contribution < -0.4 is 10.1 Å². The molecule has 2 heterocycles. The SMILES string of the molecule is O=C(NCc1ccnc(Oc2ccc(F)cc2)c1)c1n[nH]c2c1CCCC2. The highest BCUT2D eigenvalue weighted by Gasteiger charge is 2.21. The highest BCUT2D eigenvalue weighted by Crippen LogP contribution is 2.23. The van der Waals surface area contributed by atoms with Crippen molar-refractivity contribution in [2.75, 3.05) is 0 Å². The molecule has 1 amide bonds. The van der Waals surface area contributed by atoms with Crippen molar-refractivity contribution in [2.45, 2.75) is 32.2 Å². The summed E-state index contributed by atoms with van der Waals surface area (Å²) in [7, 11) is 0. The number of amides is 1. The number of hydrogen-bond donors (Lipinski definition) is 2. The zero-order chi connectivity index (χ0) is 18.6. The molecule has 0 aliphatic heterocycles. The third-order valence-electron chi connectivity index (χ3n) is 4.56. The quantitative estimate of drug-likeness (QED) is 0.724. The van der Waals surface area contributed by atoms with Crippen LogP contribution >= 0.6 is 0 Å². The minimum atomic E-state index is -0.327. The predicted octanol–water partition coefficient (Wildman–Crippen LogP) is 3.54. The van der Waals surface area contributed by atoms with Crippen LogP contribution in [-0.4, -0.2) is 21.1 Å². The maximum Gasteiger partial charge on any atom is 0.272 e. The van der Waals surface area contributed by atoms with Gasteiger partial charge in [0.05, 0.1) is 0 Å². The van der Waals surface area contributed by atoms with Crippen LogP contribution in [0.3, 0.4) is 0 Å². The van der Waals surface area contributed by atoms with Gasteiger partial charge in [-0.2, -0.15) is 5.10 Å². The van der Waals surface area contributed by atoms with Crippen LogP contribution in [0.2, 0.25) is 0 Å². The van der Waals surface area contributed by atoms with E-state index in [9.17, 15) is 9.18 Å². The van der Waals surface area contributed by atoms with E-state index >= 15 is 0 Å². The first-order chi connectivity index (χ1) is 13.2. The van der Waals surface area contributed by atoms with Gasteiger partial charge in [0.2, 0.25) is 5.88 Å². The number of aryl methyl sites for hydroxylation is 1. The molecule has 6 nitrogen and oxygen atoms in total. The summed E-state index contributed by atoms with van der Waals surface area (Å²) in [6.45, 7) is 0.336. The van der Waals surface area contributed by atoms with Gasteiger partial charge in [-0.25, -0.2) is 9.37 Å². The molecule has 138 valence electrons. The summed E-state index contributed by atoms with van der Waals surface area (Å²) in [5.74, 6) is 0.360. The average Bonchev–Trinajstić information content (AvgIpc) is 3.13.